The molecule has 4 nitrogen and oxygen atoms in total. The molecule has 4 rings (SSSR count). The molecule has 26 heavy (non-hydrogen) atoms. The maximum atomic E-state index is 13.2. The zero-order valence-corrected chi connectivity index (χ0v) is 15.9. The van der Waals surface area contributed by atoms with Crippen LogP contribution in [0, 0.1) is 12.8 Å². The Hall–Kier alpha value is -2.14. The smallest absolute Gasteiger partial charge is 0.228 e. The molecule has 0 radical (unpaired) electrons. The first-order valence-corrected chi connectivity index (χ1v) is 10.2. The monoisotopic (exact) mass is 368 g/mol. The minimum absolute atomic E-state index is 0.109. The zero-order valence-electron chi connectivity index (χ0n) is 15.1. The minimum atomic E-state index is -0.202. The van der Waals surface area contributed by atoms with Gasteiger partial charge in [0.2, 0.25) is 11.8 Å². The number of carbonyl (C=O) groups is 2. The largest absolute Gasteiger partial charge is 0.342 e. The van der Waals surface area contributed by atoms with Crippen LogP contribution in [0.5, 0.6) is 0 Å². The molecule has 0 bridgehead atoms. The number of rotatable bonds is 3. The number of anilines is 1. The molecular weight excluding hydrogens is 344 g/mol. The maximum absolute atomic E-state index is 13.2. The quantitative estimate of drug-likeness (QED) is 0.816. The van der Waals surface area contributed by atoms with Gasteiger partial charge in [-0.15, -0.1) is 11.3 Å². The topological polar surface area (TPSA) is 40.6 Å². The van der Waals surface area contributed by atoms with E-state index in [1.807, 2.05) is 52.4 Å². The lowest BCUT2D eigenvalue weighted by Crippen LogP contribution is -2.48. The number of amides is 2. The first kappa shape index (κ1) is 17.3. The molecule has 0 saturated carbocycles. The molecule has 2 fully saturated rings. The standard InChI is InChI=1S/C21H24N2O2S/c1-15-6-8-16(9-7-15)23-19(24)11-10-17(20(23)18-5-4-14-26-18)21(25)22-12-2-3-13-22/h4-9,14,17,20H,2-3,10-13H2,1H3. The third kappa shape index (κ3) is 3.16. The van der Waals surface area contributed by atoms with Crippen LogP contribution < -0.4 is 4.90 Å². The number of carbonyl (C=O) groups excluding carboxylic acids is 2. The first-order chi connectivity index (χ1) is 12.6. The molecule has 0 aliphatic carbocycles. The lowest BCUT2D eigenvalue weighted by Gasteiger charge is -2.41. The van der Waals surface area contributed by atoms with Gasteiger partial charge in [-0.1, -0.05) is 23.8 Å². The highest BCUT2D eigenvalue weighted by molar-refractivity contribution is 7.10. The number of hydrogen-bond donors (Lipinski definition) is 0. The number of hydrogen-bond acceptors (Lipinski definition) is 3. The third-order valence-corrected chi connectivity index (χ3v) is 6.42. The summed E-state index contributed by atoms with van der Waals surface area (Å²) < 4.78 is 0. The second-order valence-electron chi connectivity index (χ2n) is 7.24. The lowest BCUT2D eigenvalue weighted by atomic mass is 9.86. The Balaban J connectivity index is 1.73. The van der Waals surface area contributed by atoms with E-state index in [1.165, 1.54) is 0 Å². The fourth-order valence-corrected chi connectivity index (χ4v) is 5.00. The van der Waals surface area contributed by atoms with E-state index in [2.05, 4.69) is 6.07 Å². The van der Waals surface area contributed by atoms with Crippen molar-refractivity contribution in [1.29, 1.82) is 0 Å². The second kappa shape index (κ2) is 7.23. The van der Waals surface area contributed by atoms with Crippen LogP contribution in [-0.4, -0.2) is 29.8 Å². The molecule has 1 aromatic heterocycles. The predicted molar refractivity (Wildman–Crippen MR) is 104 cm³/mol. The third-order valence-electron chi connectivity index (χ3n) is 5.48. The van der Waals surface area contributed by atoms with Crippen molar-refractivity contribution < 1.29 is 9.59 Å². The van der Waals surface area contributed by atoms with E-state index in [4.69, 9.17) is 0 Å². The fraction of sp³-hybridized carbons (Fsp3) is 0.429. The number of thiophene rings is 1. The van der Waals surface area contributed by atoms with Gasteiger partial charge in [0, 0.05) is 30.1 Å². The minimum Gasteiger partial charge on any atom is -0.342 e. The summed E-state index contributed by atoms with van der Waals surface area (Å²) in [5.74, 6) is 0.161. The van der Waals surface area contributed by atoms with E-state index < -0.39 is 0 Å². The van der Waals surface area contributed by atoms with Gasteiger partial charge in [0.05, 0.1) is 12.0 Å². The van der Waals surface area contributed by atoms with E-state index in [9.17, 15) is 9.59 Å². The van der Waals surface area contributed by atoms with Crippen LogP contribution in [-0.2, 0) is 9.59 Å². The van der Waals surface area contributed by atoms with Crippen LogP contribution in [0.3, 0.4) is 0 Å². The van der Waals surface area contributed by atoms with E-state index in [0.29, 0.717) is 12.8 Å². The van der Waals surface area contributed by atoms with Crippen molar-refractivity contribution in [1.82, 2.24) is 4.90 Å². The van der Waals surface area contributed by atoms with Gasteiger partial charge in [0.15, 0.2) is 0 Å². The lowest BCUT2D eigenvalue weighted by molar-refractivity contribution is -0.137. The van der Waals surface area contributed by atoms with Crippen molar-refractivity contribution in [2.75, 3.05) is 18.0 Å². The van der Waals surface area contributed by atoms with Gasteiger partial charge >= 0.3 is 0 Å². The van der Waals surface area contributed by atoms with E-state index in [0.717, 1.165) is 42.1 Å². The van der Waals surface area contributed by atoms with Crippen LogP contribution in [0.4, 0.5) is 5.69 Å². The van der Waals surface area contributed by atoms with Crippen molar-refractivity contribution in [2.45, 2.75) is 38.6 Å². The molecule has 2 saturated heterocycles. The molecule has 0 N–H and O–H groups in total. The van der Waals surface area contributed by atoms with Gasteiger partial charge in [-0.05, 0) is 49.8 Å². The Morgan fingerprint density at radius 2 is 1.85 bits per heavy atom. The maximum Gasteiger partial charge on any atom is 0.228 e. The summed E-state index contributed by atoms with van der Waals surface area (Å²) in [6, 6.07) is 11.9. The molecule has 1 aromatic carbocycles. The van der Waals surface area contributed by atoms with Crippen LogP contribution in [0.1, 0.15) is 42.2 Å². The summed E-state index contributed by atoms with van der Waals surface area (Å²) >= 11 is 1.63. The van der Waals surface area contributed by atoms with Crippen molar-refractivity contribution >= 4 is 28.8 Å². The highest BCUT2D eigenvalue weighted by Gasteiger charge is 2.43. The number of piperidine rings is 1. The molecule has 2 atom stereocenters. The van der Waals surface area contributed by atoms with Gasteiger partial charge in [-0.2, -0.15) is 0 Å². The van der Waals surface area contributed by atoms with Gasteiger partial charge in [0.1, 0.15) is 0 Å². The predicted octanol–water partition coefficient (Wildman–Crippen LogP) is 4.16. The van der Waals surface area contributed by atoms with E-state index >= 15 is 0 Å². The van der Waals surface area contributed by atoms with E-state index in [1.54, 1.807) is 11.3 Å². The van der Waals surface area contributed by atoms with Gasteiger partial charge in [-0.25, -0.2) is 0 Å². The van der Waals surface area contributed by atoms with Gasteiger partial charge in [0.25, 0.3) is 0 Å². The summed E-state index contributed by atoms with van der Waals surface area (Å²) in [7, 11) is 0. The molecule has 3 heterocycles. The van der Waals surface area contributed by atoms with Crippen molar-refractivity contribution in [2.24, 2.45) is 5.92 Å². The molecule has 2 unspecified atom stereocenters. The molecule has 0 spiro atoms. The SMILES string of the molecule is Cc1ccc(N2C(=O)CCC(C(=O)N3CCCC3)C2c2cccs2)cc1. The summed E-state index contributed by atoms with van der Waals surface area (Å²) in [4.78, 5) is 31.1. The summed E-state index contributed by atoms with van der Waals surface area (Å²) in [6.07, 6.45) is 3.24. The van der Waals surface area contributed by atoms with Gasteiger partial charge in [-0.3, -0.25) is 9.59 Å². The second-order valence-corrected chi connectivity index (χ2v) is 8.22. The summed E-state index contributed by atoms with van der Waals surface area (Å²) in [5.41, 5.74) is 2.05. The number of aryl methyl sites for hydroxylation is 1. The number of benzene rings is 1. The number of nitrogens with zero attached hydrogens (tertiary/aromatic N) is 2. The van der Waals surface area contributed by atoms with Gasteiger partial charge < -0.3 is 9.80 Å². The molecule has 2 aliphatic rings. The van der Waals surface area contributed by atoms with E-state index in [-0.39, 0.29) is 23.8 Å². The molecular formula is C21H24N2O2S. The number of likely N-dealkylation sites (tertiary alicyclic amines) is 1. The Morgan fingerprint density at radius 3 is 2.50 bits per heavy atom. The molecule has 136 valence electrons. The average molecular weight is 369 g/mol. The van der Waals surface area contributed by atoms with Crippen LogP contribution >= 0.6 is 11.3 Å². The normalized spacial score (nSPS) is 23.5. The Kier molecular flexibility index (Phi) is 4.81. The highest BCUT2D eigenvalue weighted by Crippen LogP contribution is 2.42. The van der Waals surface area contributed by atoms with Crippen LogP contribution in [0.25, 0.3) is 0 Å². The summed E-state index contributed by atoms with van der Waals surface area (Å²) in [5, 5.41) is 2.03. The molecule has 2 aromatic rings. The fourth-order valence-electron chi connectivity index (χ4n) is 4.12. The molecule has 5 heteroatoms. The summed E-state index contributed by atoms with van der Waals surface area (Å²) in [6.45, 7) is 3.74. The molecule has 2 amide bonds. The van der Waals surface area contributed by atoms with Crippen molar-refractivity contribution in [3.05, 3.63) is 52.2 Å². The zero-order chi connectivity index (χ0) is 18.1. The average Bonchev–Trinajstić information content (AvgIpc) is 3.36. The Bertz CT molecular complexity index is 779. The Morgan fingerprint density at radius 1 is 1.12 bits per heavy atom. The Labute approximate surface area is 158 Å². The van der Waals surface area contributed by atoms with Crippen molar-refractivity contribution in [3.63, 3.8) is 0 Å². The van der Waals surface area contributed by atoms with Crippen LogP contribution in [0.15, 0.2) is 41.8 Å². The van der Waals surface area contributed by atoms with Crippen molar-refractivity contribution in [3.8, 4) is 0 Å². The molecule has 2 aliphatic heterocycles. The highest BCUT2D eigenvalue weighted by atomic mass is 32.1. The van der Waals surface area contributed by atoms with Crippen LogP contribution in [0.2, 0.25) is 0 Å². The first-order valence-electron chi connectivity index (χ1n) is 9.36.